The van der Waals surface area contributed by atoms with Crippen molar-refractivity contribution in [1.82, 2.24) is 14.5 Å². The van der Waals surface area contributed by atoms with Gasteiger partial charge in [-0.05, 0) is 16.3 Å². The van der Waals surface area contributed by atoms with Gasteiger partial charge in [-0.15, -0.1) is 0 Å². The van der Waals surface area contributed by atoms with E-state index in [0.717, 1.165) is 32.8 Å². The Labute approximate surface area is 142 Å². The number of fused-ring (bicyclic) bond motifs is 2. The Bertz CT molecular complexity index is 821. The molecule has 0 bridgehead atoms. The summed E-state index contributed by atoms with van der Waals surface area (Å²) < 4.78 is 7.71. The van der Waals surface area contributed by atoms with E-state index >= 15 is 0 Å². The van der Waals surface area contributed by atoms with E-state index in [1.54, 1.807) is 7.11 Å². The van der Waals surface area contributed by atoms with Crippen LogP contribution < -0.4 is 0 Å². The van der Waals surface area contributed by atoms with Gasteiger partial charge in [0.2, 0.25) is 0 Å². The number of hydrogen-bond donors (Lipinski definition) is 0. The van der Waals surface area contributed by atoms with E-state index in [0.29, 0.717) is 5.92 Å². The molecule has 0 aliphatic carbocycles. The second-order valence-electron chi connectivity index (χ2n) is 6.67. The van der Waals surface area contributed by atoms with Crippen molar-refractivity contribution in [3.8, 4) is 0 Å². The monoisotopic (exact) mass is 321 g/mol. The Morgan fingerprint density at radius 2 is 2.00 bits per heavy atom. The van der Waals surface area contributed by atoms with Crippen LogP contribution in [0.15, 0.2) is 55.0 Å². The van der Waals surface area contributed by atoms with Crippen molar-refractivity contribution >= 4 is 10.8 Å². The minimum atomic E-state index is 0.487. The molecule has 0 radical (unpaired) electrons. The first-order chi connectivity index (χ1) is 11.8. The molecule has 4 rings (SSSR count). The topological polar surface area (TPSA) is 30.3 Å². The molecule has 3 aromatic rings. The summed E-state index contributed by atoms with van der Waals surface area (Å²) >= 11 is 0. The predicted molar refractivity (Wildman–Crippen MR) is 95.7 cm³/mol. The lowest BCUT2D eigenvalue weighted by molar-refractivity contribution is 0.115. The highest BCUT2D eigenvalue weighted by atomic mass is 16.5. The summed E-state index contributed by atoms with van der Waals surface area (Å²) in [5.74, 6) is 0.487. The van der Waals surface area contributed by atoms with Gasteiger partial charge in [0.1, 0.15) is 0 Å². The molecule has 0 spiro atoms. The second kappa shape index (κ2) is 6.75. The van der Waals surface area contributed by atoms with Gasteiger partial charge < -0.3 is 9.30 Å². The van der Waals surface area contributed by atoms with Gasteiger partial charge in [-0.3, -0.25) is 4.90 Å². The molecule has 1 aliphatic heterocycles. The molecule has 0 N–H and O–H groups in total. The Hall–Kier alpha value is -2.17. The third-order valence-corrected chi connectivity index (χ3v) is 4.83. The van der Waals surface area contributed by atoms with Crippen LogP contribution in [-0.4, -0.2) is 34.7 Å². The molecule has 0 unspecified atom stereocenters. The summed E-state index contributed by atoms with van der Waals surface area (Å²) in [6, 6.07) is 15.2. The summed E-state index contributed by atoms with van der Waals surface area (Å²) in [6.07, 6.45) is 3.94. The number of methoxy groups -OCH3 is 1. The maximum Gasteiger partial charge on any atom is 0.0948 e. The van der Waals surface area contributed by atoms with E-state index in [2.05, 4.69) is 56.9 Å². The van der Waals surface area contributed by atoms with Crippen LogP contribution in [0.5, 0.6) is 0 Å². The second-order valence-corrected chi connectivity index (χ2v) is 6.67. The molecule has 4 nitrogen and oxygen atoms in total. The van der Waals surface area contributed by atoms with Crippen LogP contribution in [-0.2, 0) is 24.4 Å². The molecule has 1 atom stereocenters. The predicted octanol–water partition coefficient (Wildman–Crippen LogP) is 3.31. The van der Waals surface area contributed by atoms with Crippen LogP contribution in [0.2, 0.25) is 0 Å². The quantitative estimate of drug-likeness (QED) is 0.738. The molecule has 0 amide bonds. The van der Waals surface area contributed by atoms with Crippen LogP contribution in [0, 0.1) is 5.92 Å². The third-order valence-electron chi connectivity index (χ3n) is 4.83. The molecular formula is C20H23N3O. The first-order valence-electron chi connectivity index (χ1n) is 8.50. The van der Waals surface area contributed by atoms with Crippen LogP contribution in [0.3, 0.4) is 0 Å². The smallest absolute Gasteiger partial charge is 0.0948 e. The summed E-state index contributed by atoms with van der Waals surface area (Å²) in [5.41, 5.74) is 2.67. The molecule has 4 heteroatoms. The molecule has 0 fully saturated rings. The fraction of sp³-hybridized carbons (Fsp3) is 0.350. The lowest BCUT2D eigenvalue weighted by Crippen LogP contribution is -2.29. The molecule has 0 saturated carbocycles. The molecule has 124 valence electrons. The number of nitrogens with zero attached hydrogens (tertiary/aromatic N) is 3. The summed E-state index contributed by atoms with van der Waals surface area (Å²) in [6.45, 7) is 4.69. The zero-order valence-corrected chi connectivity index (χ0v) is 14.1. The maximum absolute atomic E-state index is 5.44. The van der Waals surface area contributed by atoms with Crippen molar-refractivity contribution in [1.29, 1.82) is 0 Å². The van der Waals surface area contributed by atoms with E-state index in [4.69, 9.17) is 4.74 Å². The van der Waals surface area contributed by atoms with E-state index in [-0.39, 0.29) is 0 Å². The van der Waals surface area contributed by atoms with Crippen molar-refractivity contribution < 1.29 is 4.74 Å². The van der Waals surface area contributed by atoms with Crippen molar-refractivity contribution in [3.63, 3.8) is 0 Å². The SMILES string of the molecule is COC[C@@H]1CN(Cc2cccc3ccccc23)Cc2cncn2C1. The highest BCUT2D eigenvalue weighted by Crippen LogP contribution is 2.23. The first-order valence-corrected chi connectivity index (χ1v) is 8.50. The van der Waals surface area contributed by atoms with Crippen molar-refractivity contribution in [2.45, 2.75) is 19.6 Å². The molecule has 2 aromatic carbocycles. The standard InChI is InChI=1S/C20H23N3O/c1-24-14-16-10-22(13-19-9-21-15-23(19)11-16)12-18-7-4-6-17-5-2-3-8-20(17)18/h2-9,15-16H,10-14H2,1H3/t16-/m1/s1. The summed E-state index contributed by atoms with van der Waals surface area (Å²) in [4.78, 5) is 6.85. The van der Waals surface area contributed by atoms with E-state index in [1.165, 1.54) is 22.0 Å². The molecule has 1 aliphatic rings. The molecule has 1 aromatic heterocycles. The number of imidazole rings is 1. The Morgan fingerprint density at radius 1 is 1.12 bits per heavy atom. The van der Waals surface area contributed by atoms with Crippen LogP contribution in [0.1, 0.15) is 11.3 Å². The van der Waals surface area contributed by atoms with Crippen LogP contribution >= 0.6 is 0 Å². The molecule has 2 heterocycles. The van der Waals surface area contributed by atoms with Gasteiger partial charge in [-0.1, -0.05) is 42.5 Å². The van der Waals surface area contributed by atoms with Crippen molar-refractivity contribution in [3.05, 3.63) is 66.2 Å². The zero-order valence-electron chi connectivity index (χ0n) is 14.1. The average Bonchev–Trinajstić information content (AvgIpc) is 2.95. The van der Waals surface area contributed by atoms with E-state index in [1.807, 2.05) is 12.5 Å². The molecule has 24 heavy (non-hydrogen) atoms. The maximum atomic E-state index is 5.44. The summed E-state index contributed by atoms with van der Waals surface area (Å²) in [7, 11) is 1.79. The highest BCUT2D eigenvalue weighted by molar-refractivity contribution is 5.85. The Kier molecular flexibility index (Phi) is 4.32. The number of rotatable bonds is 4. The lowest BCUT2D eigenvalue weighted by Gasteiger charge is -2.24. The number of benzene rings is 2. The average molecular weight is 321 g/mol. The summed E-state index contributed by atoms with van der Waals surface area (Å²) in [5, 5.41) is 2.66. The van der Waals surface area contributed by atoms with E-state index < -0.39 is 0 Å². The van der Waals surface area contributed by atoms with Crippen molar-refractivity contribution in [2.75, 3.05) is 20.3 Å². The van der Waals surface area contributed by atoms with Gasteiger partial charge in [-0.25, -0.2) is 4.98 Å². The first kappa shape index (κ1) is 15.4. The van der Waals surface area contributed by atoms with E-state index in [9.17, 15) is 0 Å². The van der Waals surface area contributed by atoms with Gasteiger partial charge in [0.15, 0.2) is 0 Å². The fourth-order valence-corrected chi connectivity index (χ4v) is 3.77. The zero-order chi connectivity index (χ0) is 16.4. The molecule has 0 saturated heterocycles. The minimum absolute atomic E-state index is 0.487. The van der Waals surface area contributed by atoms with Crippen LogP contribution in [0.25, 0.3) is 10.8 Å². The number of hydrogen-bond acceptors (Lipinski definition) is 3. The number of aromatic nitrogens is 2. The van der Waals surface area contributed by atoms with Gasteiger partial charge >= 0.3 is 0 Å². The van der Waals surface area contributed by atoms with Crippen molar-refractivity contribution in [2.24, 2.45) is 5.92 Å². The van der Waals surface area contributed by atoms with Gasteiger partial charge in [0.25, 0.3) is 0 Å². The molecular weight excluding hydrogens is 298 g/mol. The minimum Gasteiger partial charge on any atom is -0.384 e. The largest absolute Gasteiger partial charge is 0.384 e. The van der Waals surface area contributed by atoms with Crippen LogP contribution in [0.4, 0.5) is 0 Å². The van der Waals surface area contributed by atoms with Gasteiger partial charge in [0.05, 0.1) is 18.6 Å². The fourth-order valence-electron chi connectivity index (χ4n) is 3.77. The Balaban J connectivity index is 1.62. The Morgan fingerprint density at radius 3 is 2.92 bits per heavy atom. The lowest BCUT2D eigenvalue weighted by atomic mass is 10.0. The normalized spacial score (nSPS) is 18.5. The highest BCUT2D eigenvalue weighted by Gasteiger charge is 2.22. The number of ether oxygens (including phenoxy) is 1. The van der Waals surface area contributed by atoms with Gasteiger partial charge in [-0.2, -0.15) is 0 Å². The van der Waals surface area contributed by atoms with Gasteiger partial charge in [0, 0.05) is 45.4 Å². The third kappa shape index (κ3) is 3.07.